The second-order valence-corrected chi connectivity index (χ2v) is 6.77. The van der Waals surface area contributed by atoms with Gasteiger partial charge in [-0.25, -0.2) is 13.4 Å². The summed E-state index contributed by atoms with van der Waals surface area (Å²) in [4.78, 5) is 10.9. The van der Waals surface area contributed by atoms with Gasteiger partial charge in [-0.05, 0) is 36.2 Å². The van der Waals surface area contributed by atoms with E-state index in [4.69, 9.17) is 5.73 Å². The van der Waals surface area contributed by atoms with Gasteiger partial charge in [-0.3, -0.25) is 4.98 Å². The van der Waals surface area contributed by atoms with Crippen molar-refractivity contribution in [3.05, 3.63) is 48.3 Å². The van der Waals surface area contributed by atoms with Gasteiger partial charge in [-0.2, -0.15) is 0 Å². The molecule has 0 aliphatic carbocycles. The molecule has 3 N–H and O–H groups in total. The number of nitrogens with zero attached hydrogens (tertiary/aromatic N) is 2. The van der Waals surface area contributed by atoms with Gasteiger partial charge < -0.3 is 10.7 Å². The molecular formula is C14H14N4O2S. The highest BCUT2D eigenvalue weighted by atomic mass is 32.2. The molecule has 21 heavy (non-hydrogen) atoms. The summed E-state index contributed by atoms with van der Waals surface area (Å²) in [5.74, 6) is -0.0198. The first-order chi connectivity index (χ1) is 10.0. The zero-order valence-electron chi connectivity index (χ0n) is 11.2. The Balaban J connectivity index is 1.86. The molecule has 0 aliphatic heterocycles. The molecule has 108 valence electrons. The summed E-state index contributed by atoms with van der Waals surface area (Å²) >= 11 is 0. The van der Waals surface area contributed by atoms with E-state index < -0.39 is 9.84 Å². The lowest BCUT2D eigenvalue weighted by molar-refractivity contribution is 0.588. The van der Waals surface area contributed by atoms with E-state index in [2.05, 4.69) is 15.0 Å². The first kappa shape index (κ1) is 13.6. The van der Waals surface area contributed by atoms with Gasteiger partial charge in [0.15, 0.2) is 0 Å². The van der Waals surface area contributed by atoms with Crippen LogP contribution in [-0.4, -0.2) is 29.1 Å². The Morgan fingerprint density at radius 2 is 2.10 bits per heavy atom. The van der Waals surface area contributed by atoms with Crippen LogP contribution >= 0.6 is 0 Å². The van der Waals surface area contributed by atoms with Crippen LogP contribution in [0, 0.1) is 0 Å². The van der Waals surface area contributed by atoms with Crippen molar-refractivity contribution in [1.29, 1.82) is 0 Å². The van der Waals surface area contributed by atoms with Gasteiger partial charge in [0, 0.05) is 18.1 Å². The van der Waals surface area contributed by atoms with E-state index in [1.54, 1.807) is 36.7 Å². The minimum atomic E-state index is -3.47. The lowest BCUT2D eigenvalue weighted by Crippen LogP contribution is -2.11. The fourth-order valence-electron chi connectivity index (χ4n) is 2.05. The third-order valence-corrected chi connectivity index (χ3v) is 4.69. The average molecular weight is 302 g/mol. The largest absolute Gasteiger partial charge is 0.399 e. The number of nitrogens with two attached hydrogens (primary N) is 1. The van der Waals surface area contributed by atoms with Crippen LogP contribution in [0.4, 0.5) is 5.69 Å². The Labute approximate surface area is 122 Å². The zero-order valence-corrected chi connectivity index (χ0v) is 12.0. The topological polar surface area (TPSA) is 102 Å². The average Bonchev–Trinajstić information content (AvgIpc) is 2.90. The standard InChI is InChI=1S/C14H14N4O2S/c15-11-3-4-12-13(8-11)18-14(17-12)21(19,20)7-5-10-2-1-6-16-9-10/h1-4,6,8-9H,5,7,15H2,(H,17,18). The minimum Gasteiger partial charge on any atom is -0.399 e. The van der Waals surface area contributed by atoms with Crippen LogP contribution in [0.2, 0.25) is 0 Å². The second kappa shape index (κ2) is 5.17. The van der Waals surface area contributed by atoms with Crippen LogP contribution in [0.15, 0.2) is 47.9 Å². The number of nitrogen functional groups attached to an aromatic ring is 1. The molecule has 0 unspecified atom stereocenters. The first-order valence-corrected chi connectivity index (χ1v) is 8.07. The number of rotatable bonds is 4. The van der Waals surface area contributed by atoms with E-state index in [9.17, 15) is 8.42 Å². The number of aromatic amines is 1. The summed E-state index contributed by atoms with van der Waals surface area (Å²) in [5, 5.41) is -0.0213. The van der Waals surface area contributed by atoms with E-state index in [1.165, 1.54) is 0 Å². The fraction of sp³-hybridized carbons (Fsp3) is 0.143. The van der Waals surface area contributed by atoms with Crippen molar-refractivity contribution in [2.24, 2.45) is 0 Å². The molecule has 0 fully saturated rings. The Morgan fingerprint density at radius 1 is 1.24 bits per heavy atom. The number of aryl methyl sites for hydroxylation is 1. The number of nitrogens with one attached hydrogen (secondary N) is 1. The molecule has 0 spiro atoms. The molecule has 0 atom stereocenters. The Kier molecular flexibility index (Phi) is 3.34. The van der Waals surface area contributed by atoms with E-state index in [0.29, 0.717) is 23.1 Å². The summed E-state index contributed by atoms with van der Waals surface area (Å²) in [5.41, 5.74) is 8.32. The number of hydrogen-bond acceptors (Lipinski definition) is 5. The zero-order chi connectivity index (χ0) is 14.9. The van der Waals surface area contributed by atoms with Crippen LogP contribution in [0.1, 0.15) is 5.56 Å². The molecule has 0 bridgehead atoms. The number of pyridine rings is 1. The molecular weight excluding hydrogens is 288 g/mol. The van der Waals surface area contributed by atoms with Gasteiger partial charge in [0.25, 0.3) is 0 Å². The van der Waals surface area contributed by atoms with E-state index in [0.717, 1.165) is 5.56 Å². The molecule has 0 radical (unpaired) electrons. The van der Waals surface area contributed by atoms with Crippen molar-refractivity contribution in [2.45, 2.75) is 11.6 Å². The van der Waals surface area contributed by atoms with Crippen LogP contribution in [-0.2, 0) is 16.3 Å². The fourth-order valence-corrected chi connectivity index (χ4v) is 3.25. The summed E-state index contributed by atoms with van der Waals surface area (Å²) < 4.78 is 24.6. The van der Waals surface area contributed by atoms with E-state index >= 15 is 0 Å². The van der Waals surface area contributed by atoms with Gasteiger partial charge >= 0.3 is 0 Å². The molecule has 0 saturated heterocycles. The van der Waals surface area contributed by atoms with E-state index in [1.807, 2.05) is 6.07 Å². The molecule has 2 aromatic heterocycles. The molecule has 2 heterocycles. The second-order valence-electron chi connectivity index (χ2n) is 4.75. The highest BCUT2D eigenvalue weighted by Crippen LogP contribution is 2.18. The van der Waals surface area contributed by atoms with Crippen LogP contribution < -0.4 is 5.73 Å². The van der Waals surface area contributed by atoms with Gasteiger partial charge in [0.2, 0.25) is 15.0 Å². The predicted molar refractivity (Wildman–Crippen MR) is 80.5 cm³/mol. The number of fused-ring (bicyclic) bond motifs is 1. The maximum absolute atomic E-state index is 12.3. The van der Waals surface area contributed by atoms with Crippen LogP contribution in [0.3, 0.4) is 0 Å². The third-order valence-electron chi connectivity index (χ3n) is 3.16. The minimum absolute atomic E-state index is 0.0198. The summed E-state index contributed by atoms with van der Waals surface area (Å²) in [6.07, 6.45) is 3.71. The number of sulfone groups is 1. The lowest BCUT2D eigenvalue weighted by Gasteiger charge is -2.01. The van der Waals surface area contributed by atoms with Crippen LogP contribution in [0.25, 0.3) is 11.0 Å². The summed E-state index contributed by atoms with van der Waals surface area (Å²) in [7, 11) is -3.47. The van der Waals surface area contributed by atoms with E-state index in [-0.39, 0.29) is 10.9 Å². The highest BCUT2D eigenvalue weighted by Gasteiger charge is 2.19. The number of H-pyrrole nitrogens is 1. The molecule has 0 saturated carbocycles. The highest BCUT2D eigenvalue weighted by molar-refractivity contribution is 7.91. The lowest BCUT2D eigenvalue weighted by atomic mass is 10.2. The van der Waals surface area contributed by atoms with Crippen molar-refractivity contribution in [3.8, 4) is 0 Å². The maximum Gasteiger partial charge on any atom is 0.226 e. The van der Waals surface area contributed by atoms with Gasteiger partial charge in [0.1, 0.15) is 0 Å². The molecule has 3 rings (SSSR count). The first-order valence-electron chi connectivity index (χ1n) is 6.41. The van der Waals surface area contributed by atoms with Gasteiger partial charge in [0.05, 0.1) is 16.8 Å². The maximum atomic E-state index is 12.3. The number of anilines is 1. The molecule has 6 nitrogen and oxygen atoms in total. The summed E-state index contributed by atoms with van der Waals surface area (Å²) in [6.45, 7) is 0. The van der Waals surface area contributed by atoms with Crippen molar-refractivity contribution in [3.63, 3.8) is 0 Å². The number of hydrogen-bond donors (Lipinski definition) is 2. The van der Waals surface area contributed by atoms with Crippen molar-refractivity contribution >= 4 is 26.6 Å². The van der Waals surface area contributed by atoms with Crippen molar-refractivity contribution in [2.75, 3.05) is 11.5 Å². The Morgan fingerprint density at radius 3 is 2.86 bits per heavy atom. The molecule has 1 aromatic carbocycles. The molecule has 0 aliphatic rings. The third kappa shape index (κ3) is 2.87. The molecule has 7 heteroatoms. The van der Waals surface area contributed by atoms with Crippen molar-refractivity contribution in [1.82, 2.24) is 15.0 Å². The number of benzene rings is 1. The SMILES string of the molecule is Nc1ccc2nc(S(=O)(=O)CCc3cccnc3)[nH]c2c1. The number of aromatic nitrogens is 3. The summed E-state index contributed by atoms with van der Waals surface area (Å²) in [6, 6.07) is 8.69. The quantitative estimate of drug-likeness (QED) is 0.712. The smallest absolute Gasteiger partial charge is 0.226 e. The van der Waals surface area contributed by atoms with Crippen LogP contribution in [0.5, 0.6) is 0 Å². The van der Waals surface area contributed by atoms with Crippen molar-refractivity contribution < 1.29 is 8.42 Å². The predicted octanol–water partition coefficient (Wildman–Crippen LogP) is 1.56. The molecule has 3 aromatic rings. The van der Waals surface area contributed by atoms with Gasteiger partial charge in [-0.1, -0.05) is 6.07 Å². The molecule has 0 amide bonds. The normalized spacial score (nSPS) is 11.8. The monoisotopic (exact) mass is 302 g/mol. The van der Waals surface area contributed by atoms with Gasteiger partial charge in [-0.15, -0.1) is 0 Å². The Hall–Kier alpha value is -2.41. The number of imidazole rings is 1. The Bertz CT molecular complexity index is 872.